The Kier molecular flexibility index (Phi) is 8.97. The average molecular weight is 523 g/mol. The fourth-order valence-corrected chi connectivity index (χ4v) is 9.80. The molecule has 1 saturated heterocycles. The van der Waals surface area contributed by atoms with Gasteiger partial charge in [0.1, 0.15) is 24.4 Å². The fraction of sp³-hybridized carbons (Fsp3) is 0.400. The summed E-state index contributed by atoms with van der Waals surface area (Å²) in [6.45, 7) is 6.94. The standard InChI is InChI=1S/C30H38O6Si/c1-30(2,3)37(23-16-10-6-11-17-23,24-18-12-7-13-19-24)35-21-25-26(31)27(33-4)28(29(32)36-25)34-20-22-14-8-5-9-15-22/h5-19,25-29,31-32H,20-21H2,1-4H3/t25?,26-,27+,28?,29+/m1/s1. The van der Waals surface area contributed by atoms with Crippen molar-refractivity contribution in [1.82, 2.24) is 0 Å². The van der Waals surface area contributed by atoms with E-state index in [9.17, 15) is 10.2 Å². The van der Waals surface area contributed by atoms with E-state index in [1.807, 2.05) is 66.7 Å². The highest BCUT2D eigenvalue weighted by Crippen LogP contribution is 2.37. The third-order valence-corrected chi connectivity index (χ3v) is 12.1. The molecule has 0 spiro atoms. The van der Waals surface area contributed by atoms with Gasteiger partial charge in [-0.15, -0.1) is 0 Å². The maximum absolute atomic E-state index is 11.2. The molecule has 37 heavy (non-hydrogen) atoms. The first-order valence-electron chi connectivity index (χ1n) is 12.7. The van der Waals surface area contributed by atoms with Crippen LogP contribution >= 0.6 is 0 Å². The van der Waals surface area contributed by atoms with Crippen LogP contribution < -0.4 is 10.4 Å². The Morgan fingerprint density at radius 1 is 0.784 bits per heavy atom. The largest absolute Gasteiger partial charge is 0.405 e. The summed E-state index contributed by atoms with van der Waals surface area (Å²) in [7, 11) is -1.33. The summed E-state index contributed by atoms with van der Waals surface area (Å²) in [4.78, 5) is 0. The van der Waals surface area contributed by atoms with Crippen LogP contribution in [0.25, 0.3) is 0 Å². The van der Waals surface area contributed by atoms with Crippen molar-refractivity contribution in [2.45, 2.75) is 63.1 Å². The molecule has 6 nitrogen and oxygen atoms in total. The smallest absolute Gasteiger partial charge is 0.261 e. The van der Waals surface area contributed by atoms with Crippen LogP contribution in [-0.4, -0.2) is 63.0 Å². The van der Waals surface area contributed by atoms with Crippen molar-refractivity contribution >= 4 is 18.7 Å². The fourth-order valence-electron chi connectivity index (χ4n) is 5.23. The van der Waals surface area contributed by atoms with Crippen LogP contribution in [0.3, 0.4) is 0 Å². The van der Waals surface area contributed by atoms with Gasteiger partial charge >= 0.3 is 0 Å². The summed E-state index contributed by atoms with van der Waals surface area (Å²) in [6.07, 6.45) is -4.74. The Morgan fingerprint density at radius 3 is 1.78 bits per heavy atom. The van der Waals surface area contributed by atoms with Crippen molar-refractivity contribution in [2.75, 3.05) is 13.7 Å². The molecule has 5 atom stereocenters. The molecule has 7 heteroatoms. The van der Waals surface area contributed by atoms with Crippen LogP contribution in [0.15, 0.2) is 91.0 Å². The zero-order valence-corrected chi connectivity index (χ0v) is 23.0. The van der Waals surface area contributed by atoms with Gasteiger partial charge < -0.3 is 28.8 Å². The highest BCUT2D eigenvalue weighted by atomic mass is 28.4. The zero-order valence-electron chi connectivity index (χ0n) is 22.0. The number of ether oxygens (including phenoxy) is 3. The minimum absolute atomic E-state index is 0.0940. The van der Waals surface area contributed by atoms with Gasteiger partial charge in [0.2, 0.25) is 0 Å². The van der Waals surface area contributed by atoms with E-state index in [0.29, 0.717) is 0 Å². The summed E-state index contributed by atoms with van der Waals surface area (Å²) in [5.74, 6) is 0. The quantitative estimate of drug-likeness (QED) is 0.420. The van der Waals surface area contributed by atoms with Gasteiger partial charge in [-0.05, 0) is 21.0 Å². The normalized spacial score (nSPS) is 24.6. The molecule has 0 saturated carbocycles. The number of methoxy groups -OCH3 is 1. The lowest BCUT2D eigenvalue weighted by atomic mass is 9.99. The molecule has 198 valence electrons. The van der Waals surface area contributed by atoms with E-state index in [4.69, 9.17) is 18.6 Å². The van der Waals surface area contributed by atoms with Crippen LogP contribution in [0, 0.1) is 0 Å². The van der Waals surface area contributed by atoms with Gasteiger partial charge in [0.05, 0.1) is 13.2 Å². The molecular formula is C30H38O6Si. The Balaban J connectivity index is 1.57. The van der Waals surface area contributed by atoms with Crippen molar-refractivity contribution in [2.24, 2.45) is 0 Å². The van der Waals surface area contributed by atoms with E-state index in [2.05, 4.69) is 45.0 Å². The van der Waals surface area contributed by atoms with Crippen LogP contribution in [0.5, 0.6) is 0 Å². The molecule has 1 aliphatic rings. The number of benzene rings is 3. The molecule has 3 aromatic rings. The van der Waals surface area contributed by atoms with Gasteiger partial charge in [-0.25, -0.2) is 0 Å². The van der Waals surface area contributed by atoms with E-state index in [-0.39, 0.29) is 18.3 Å². The molecule has 1 heterocycles. The first-order valence-corrected chi connectivity index (χ1v) is 14.6. The summed E-state index contributed by atoms with van der Waals surface area (Å²) in [5, 5.41) is 24.2. The van der Waals surface area contributed by atoms with E-state index >= 15 is 0 Å². The van der Waals surface area contributed by atoms with Gasteiger partial charge in [0.25, 0.3) is 8.32 Å². The molecular weight excluding hydrogens is 484 g/mol. The van der Waals surface area contributed by atoms with Gasteiger partial charge in [-0.1, -0.05) is 112 Å². The van der Waals surface area contributed by atoms with Crippen molar-refractivity contribution in [3.05, 3.63) is 96.6 Å². The predicted molar refractivity (Wildman–Crippen MR) is 146 cm³/mol. The first kappa shape index (κ1) is 27.7. The van der Waals surface area contributed by atoms with E-state index in [1.54, 1.807) is 0 Å². The summed E-state index contributed by atoms with van der Waals surface area (Å²) >= 11 is 0. The molecule has 4 rings (SSSR count). The number of rotatable bonds is 9. The highest BCUT2D eigenvalue weighted by Gasteiger charge is 2.52. The lowest BCUT2D eigenvalue weighted by molar-refractivity contribution is -0.301. The van der Waals surface area contributed by atoms with Crippen LogP contribution in [0.2, 0.25) is 5.04 Å². The molecule has 1 fully saturated rings. The van der Waals surface area contributed by atoms with E-state index in [0.717, 1.165) is 15.9 Å². The zero-order chi connectivity index (χ0) is 26.5. The molecule has 3 aromatic carbocycles. The number of aliphatic hydroxyl groups is 2. The predicted octanol–water partition coefficient (Wildman–Crippen LogP) is 3.24. The third-order valence-electron chi connectivity index (χ3n) is 7.07. The van der Waals surface area contributed by atoms with Gasteiger partial charge in [-0.3, -0.25) is 0 Å². The lowest BCUT2D eigenvalue weighted by Crippen LogP contribution is -2.68. The van der Waals surface area contributed by atoms with E-state index in [1.165, 1.54) is 7.11 Å². The van der Waals surface area contributed by atoms with Crippen molar-refractivity contribution in [3.63, 3.8) is 0 Å². The minimum atomic E-state index is -2.84. The topological polar surface area (TPSA) is 77.4 Å². The van der Waals surface area contributed by atoms with Gasteiger partial charge in [0.15, 0.2) is 6.29 Å². The number of hydrogen-bond donors (Lipinski definition) is 2. The third kappa shape index (κ3) is 5.88. The second kappa shape index (κ2) is 12.0. The Morgan fingerprint density at radius 2 is 1.30 bits per heavy atom. The van der Waals surface area contributed by atoms with Crippen molar-refractivity contribution in [3.8, 4) is 0 Å². The molecule has 0 aliphatic carbocycles. The molecule has 2 N–H and O–H groups in total. The molecule has 0 radical (unpaired) electrons. The Bertz CT molecular complexity index is 1050. The highest BCUT2D eigenvalue weighted by molar-refractivity contribution is 6.99. The van der Waals surface area contributed by atoms with Crippen molar-refractivity contribution < 1.29 is 28.8 Å². The molecule has 0 bridgehead atoms. The molecule has 2 unspecified atom stereocenters. The second-order valence-corrected chi connectivity index (χ2v) is 14.8. The van der Waals surface area contributed by atoms with Crippen molar-refractivity contribution in [1.29, 1.82) is 0 Å². The lowest BCUT2D eigenvalue weighted by Gasteiger charge is -2.46. The molecule has 1 aliphatic heterocycles. The van der Waals surface area contributed by atoms with Gasteiger partial charge in [0, 0.05) is 7.11 Å². The SMILES string of the molecule is CO[C@@H]1C(OCc2ccccc2)[C@@H](O)OC(CO[Si](c2ccccc2)(c2ccccc2)C(C)(C)C)[C@H]1O. The second-order valence-electron chi connectivity index (χ2n) is 10.5. The molecule has 0 amide bonds. The first-order chi connectivity index (χ1) is 17.8. The number of hydrogen-bond acceptors (Lipinski definition) is 6. The summed E-state index contributed by atoms with van der Waals surface area (Å²) in [6, 6.07) is 30.2. The van der Waals surface area contributed by atoms with Crippen LogP contribution in [0.4, 0.5) is 0 Å². The summed E-state index contributed by atoms with van der Waals surface area (Å²) < 4.78 is 24.4. The number of aliphatic hydroxyl groups excluding tert-OH is 2. The molecule has 0 aromatic heterocycles. The van der Waals surface area contributed by atoms with Crippen LogP contribution in [0.1, 0.15) is 26.3 Å². The maximum atomic E-state index is 11.2. The van der Waals surface area contributed by atoms with Gasteiger partial charge in [-0.2, -0.15) is 0 Å². The van der Waals surface area contributed by atoms with Crippen LogP contribution in [-0.2, 0) is 25.2 Å². The Hall–Kier alpha value is -2.36. The Labute approximate surface area is 220 Å². The monoisotopic (exact) mass is 522 g/mol. The average Bonchev–Trinajstić information content (AvgIpc) is 2.91. The van der Waals surface area contributed by atoms with E-state index < -0.39 is 39.0 Å². The maximum Gasteiger partial charge on any atom is 0.261 e. The summed E-state index contributed by atoms with van der Waals surface area (Å²) in [5.41, 5.74) is 0.955. The minimum Gasteiger partial charge on any atom is -0.405 e.